The molecule has 2 atom stereocenters. The lowest BCUT2D eigenvalue weighted by atomic mass is 9.76. The Morgan fingerprint density at radius 1 is 1.40 bits per heavy atom. The smallest absolute Gasteiger partial charge is 0.265 e. The summed E-state index contributed by atoms with van der Waals surface area (Å²) < 4.78 is 30.0. The molecular formula is C10H18O4S. The Labute approximate surface area is 90.8 Å². The van der Waals surface area contributed by atoms with Gasteiger partial charge in [-0.05, 0) is 24.7 Å². The van der Waals surface area contributed by atoms with Gasteiger partial charge in [0.25, 0.3) is 10.1 Å². The number of hydrogen-bond donors (Lipinski definition) is 1. The molecule has 0 radical (unpaired) electrons. The molecule has 88 valence electrons. The van der Waals surface area contributed by atoms with Gasteiger partial charge in [-0.15, -0.1) is 0 Å². The maximum atomic E-state index is 11.7. The lowest BCUT2D eigenvalue weighted by Gasteiger charge is -2.28. The molecule has 0 saturated heterocycles. The molecule has 0 aliphatic heterocycles. The molecule has 5 heteroatoms. The normalized spacial score (nSPS) is 28.4. The minimum absolute atomic E-state index is 0.0719. The molecule has 0 aromatic heterocycles. The lowest BCUT2D eigenvalue weighted by molar-refractivity contribution is -0.127. The third-order valence-corrected chi connectivity index (χ3v) is 3.93. The fourth-order valence-corrected chi connectivity index (χ4v) is 3.14. The van der Waals surface area contributed by atoms with Crippen molar-refractivity contribution in [2.24, 2.45) is 17.8 Å². The van der Waals surface area contributed by atoms with E-state index in [0.717, 1.165) is 6.42 Å². The Morgan fingerprint density at radius 2 is 2.00 bits per heavy atom. The van der Waals surface area contributed by atoms with Crippen molar-refractivity contribution in [2.75, 3.05) is 5.75 Å². The fraction of sp³-hybridized carbons (Fsp3) is 0.900. The topological polar surface area (TPSA) is 71.4 Å². The van der Waals surface area contributed by atoms with Gasteiger partial charge in [-0.1, -0.05) is 13.8 Å². The second-order valence-electron chi connectivity index (χ2n) is 4.71. The van der Waals surface area contributed by atoms with Crippen LogP contribution in [-0.2, 0) is 14.9 Å². The lowest BCUT2D eigenvalue weighted by Crippen LogP contribution is -2.31. The van der Waals surface area contributed by atoms with Crippen LogP contribution in [0.3, 0.4) is 0 Å². The predicted octanol–water partition coefficient (Wildman–Crippen LogP) is 1.52. The van der Waals surface area contributed by atoms with Gasteiger partial charge in [0, 0.05) is 12.3 Å². The Balaban J connectivity index is 2.55. The van der Waals surface area contributed by atoms with Crippen LogP contribution in [-0.4, -0.2) is 24.5 Å². The number of hydrogen-bond acceptors (Lipinski definition) is 3. The molecule has 1 rings (SSSR count). The molecule has 1 fully saturated rings. The van der Waals surface area contributed by atoms with E-state index in [0.29, 0.717) is 18.8 Å². The van der Waals surface area contributed by atoms with E-state index in [4.69, 9.17) is 4.55 Å². The Morgan fingerprint density at radius 3 is 2.40 bits per heavy atom. The first kappa shape index (κ1) is 12.6. The van der Waals surface area contributed by atoms with Crippen molar-refractivity contribution in [1.29, 1.82) is 0 Å². The summed E-state index contributed by atoms with van der Waals surface area (Å²) in [5.74, 6) is 0.0723. The molecular weight excluding hydrogens is 216 g/mol. The standard InChI is InChI=1S/C10H18O4S/c1-7(2)9-4-3-8(5-10(9)11)6-15(12,13)14/h7-9H,3-6H2,1-2H3,(H,12,13,14). The van der Waals surface area contributed by atoms with E-state index in [9.17, 15) is 13.2 Å². The van der Waals surface area contributed by atoms with Crippen LogP contribution in [0, 0.1) is 17.8 Å². The monoisotopic (exact) mass is 234 g/mol. The van der Waals surface area contributed by atoms with Crippen LogP contribution in [0.15, 0.2) is 0 Å². The van der Waals surface area contributed by atoms with Crippen LogP contribution < -0.4 is 0 Å². The zero-order chi connectivity index (χ0) is 11.6. The second-order valence-corrected chi connectivity index (χ2v) is 6.21. The Bertz CT molecular complexity index is 331. The zero-order valence-electron chi connectivity index (χ0n) is 9.14. The van der Waals surface area contributed by atoms with Crippen molar-refractivity contribution in [3.05, 3.63) is 0 Å². The van der Waals surface area contributed by atoms with Crippen molar-refractivity contribution < 1.29 is 17.8 Å². The quantitative estimate of drug-likeness (QED) is 0.751. The second kappa shape index (κ2) is 4.61. The average Bonchev–Trinajstić information content (AvgIpc) is 1.99. The summed E-state index contributed by atoms with van der Waals surface area (Å²) in [6.45, 7) is 4.01. The molecule has 2 unspecified atom stereocenters. The number of ketones is 1. The van der Waals surface area contributed by atoms with Crippen LogP contribution in [0.4, 0.5) is 0 Å². The summed E-state index contributed by atoms with van der Waals surface area (Å²) in [6.07, 6.45) is 1.76. The summed E-state index contributed by atoms with van der Waals surface area (Å²) in [6, 6.07) is 0. The summed E-state index contributed by atoms with van der Waals surface area (Å²) in [5, 5.41) is 0. The van der Waals surface area contributed by atoms with Crippen LogP contribution in [0.5, 0.6) is 0 Å². The first-order valence-corrected chi connectivity index (χ1v) is 6.88. The maximum absolute atomic E-state index is 11.7. The minimum Gasteiger partial charge on any atom is -0.299 e. The fourth-order valence-electron chi connectivity index (χ4n) is 2.26. The molecule has 1 aliphatic rings. The van der Waals surface area contributed by atoms with Crippen molar-refractivity contribution in [1.82, 2.24) is 0 Å². The molecule has 0 aromatic rings. The van der Waals surface area contributed by atoms with Gasteiger partial charge in [0.05, 0.1) is 5.75 Å². The van der Waals surface area contributed by atoms with E-state index in [1.807, 2.05) is 13.8 Å². The largest absolute Gasteiger partial charge is 0.299 e. The van der Waals surface area contributed by atoms with Crippen molar-refractivity contribution in [3.8, 4) is 0 Å². The number of carbonyl (C=O) groups is 1. The van der Waals surface area contributed by atoms with Crippen LogP contribution in [0.1, 0.15) is 33.1 Å². The highest BCUT2D eigenvalue weighted by Crippen LogP contribution is 2.31. The highest BCUT2D eigenvalue weighted by Gasteiger charge is 2.32. The molecule has 0 heterocycles. The molecule has 1 saturated carbocycles. The maximum Gasteiger partial charge on any atom is 0.265 e. The molecule has 4 nitrogen and oxygen atoms in total. The molecule has 0 amide bonds. The highest BCUT2D eigenvalue weighted by molar-refractivity contribution is 7.85. The Kier molecular flexibility index (Phi) is 3.89. The molecule has 1 N–H and O–H groups in total. The third kappa shape index (κ3) is 3.91. The van der Waals surface area contributed by atoms with Crippen LogP contribution in [0.2, 0.25) is 0 Å². The highest BCUT2D eigenvalue weighted by atomic mass is 32.2. The molecule has 0 aromatic carbocycles. The number of rotatable bonds is 3. The van der Waals surface area contributed by atoms with Gasteiger partial charge in [-0.25, -0.2) is 0 Å². The van der Waals surface area contributed by atoms with Gasteiger partial charge in [0.2, 0.25) is 0 Å². The van der Waals surface area contributed by atoms with Gasteiger partial charge in [-0.3, -0.25) is 9.35 Å². The van der Waals surface area contributed by atoms with Gasteiger partial charge in [0.15, 0.2) is 0 Å². The third-order valence-electron chi connectivity index (χ3n) is 3.04. The van der Waals surface area contributed by atoms with E-state index in [2.05, 4.69) is 0 Å². The molecule has 0 bridgehead atoms. The Hall–Kier alpha value is -0.420. The first-order chi connectivity index (χ1) is 6.79. The van der Waals surface area contributed by atoms with Gasteiger partial charge >= 0.3 is 0 Å². The van der Waals surface area contributed by atoms with Gasteiger partial charge < -0.3 is 0 Å². The van der Waals surface area contributed by atoms with E-state index < -0.39 is 10.1 Å². The minimum atomic E-state index is -3.94. The SMILES string of the molecule is CC(C)C1CCC(CS(=O)(=O)O)CC1=O. The molecule has 15 heavy (non-hydrogen) atoms. The van der Waals surface area contributed by atoms with E-state index in [1.54, 1.807) is 0 Å². The van der Waals surface area contributed by atoms with Crippen LogP contribution in [0.25, 0.3) is 0 Å². The van der Waals surface area contributed by atoms with Crippen molar-refractivity contribution in [3.63, 3.8) is 0 Å². The summed E-state index contributed by atoms with van der Waals surface area (Å²) in [4.78, 5) is 11.7. The van der Waals surface area contributed by atoms with Gasteiger partial charge in [-0.2, -0.15) is 8.42 Å². The average molecular weight is 234 g/mol. The van der Waals surface area contributed by atoms with E-state index >= 15 is 0 Å². The van der Waals surface area contributed by atoms with Gasteiger partial charge in [0.1, 0.15) is 5.78 Å². The van der Waals surface area contributed by atoms with E-state index in [1.165, 1.54) is 0 Å². The zero-order valence-corrected chi connectivity index (χ0v) is 9.96. The summed E-state index contributed by atoms with van der Waals surface area (Å²) >= 11 is 0. The number of carbonyl (C=O) groups excluding carboxylic acids is 1. The summed E-state index contributed by atoms with van der Waals surface area (Å²) in [5.41, 5.74) is 0. The number of Topliss-reactive ketones (excluding diaryl/α,β-unsaturated/α-hetero) is 1. The summed E-state index contributed by atoms with van der Waals surface area (Å²) in [7, 11) is -3.94. The van der Waals surface area contributed by atoms with Crippen molar-refractivity contribution in [2.45, 2.75) is 33.1 Å². The molecule has 1 aliphatic carbocycles. The van der Waals surface area contributed by atoms with Crippen molar-refractivity contribution >= 4 is 15.9 Å². The molecule has 0 spiro atoms. The van der Waals surface area contributed by atoms with E-state index in [-0.39, 0.29) is 23.4 Å². The predicted molar refractivity (Wildman–Crippen MR) is 57.1 cm³/mol. The van der Waals surface area contributed by atoms with Crippen LogP contribution >= 0.6 is 0 Å². The first-order valence-electron chi connectivity index (χ1n) is 5.27.